The van der Waals surface area contributed by atoms with Crippen molar-refractivity contribution in [3.63, 3.8) is 0 Å². The fourth-order valence-electron chi connectivity index (χ4n) is 7.38. The molecular formula is C35H38BrN2O+. The number of para-hydroxylation sites is 1. The molecule has 3 heterocycles. The first-order valence-corrected chi connectivity index (χ1v) is 15.0. The van der Waals surface area contributed by atoms with Gasteiger partial charge in [0.15, 0.2) is 4.45 Å². The molecule has 200 valence electrons. The minimum Gasteiger partial charge on any atom is -0.496 e. The fourth-order valence-corrected chi connectivity index (χ4v) is 8.92. The Hall–Kier alpha value is -2.92. The Kier molecular flexibility index (Phi) is 7.61. The number of piperidine rings is 3. The predicted octanol–water partition coefficient (Wildman–Crippen LogP) is 7.52. The van der Waals surface area contributed by atoms with Crippen molar-refractivity contribution in [2.45, 2.75) is 42.3 Å². The number of nitrogens with zero attached hydrogens (tertiary/aromatic N) is 1. The molecule has 0 saturated carbocycles. The number of fused-ring (bicyclic) bond motifs is 3. The molecule has 0 aromatic heterocycles. The smallest absolute Gasteiger partial charge is 0.181 e. The Bertz CT molecular complexity index is 1320. The summed E-state index contributed by atoms with van der Waals surface area (Å²) in [6.45, 7) is 4.14. The molecule has 4 aromatic rings. The third-order valence-corrected chi connectivity index (χ3v) is 10.9. The maximum atomic E-state index is 5.73. The van der Waals surface area contributed by atoms with Crippen LogP contribution in [0.5, 0.6) is 5.75 Å². The second-order valence-electron chi connectivity index (χ2n) is 11.2. The van der Waals surface area contributed by atoms with Gasteiger partial charge in [-0.15, -0.1) is 0 Å². The molecule has 4 heteroatoms. The van der Waals surface area contributed by atoms with Crippen molar-refractivity contribution in [1.82, 2.24) is 5.32 Å². The largest absolute Gasteiger partial charge is 0.496 e. The molecule has 3 fully saturated rings. The van der Waals surface area contributed by atoms with Crippen LogP contribution in [0.3, 0.4) is 0 Å². The Labute approximate surface area is 241 Å². The van der Waals surface area contributed by atoms with Crippen LogP contribution in [0.25, 0.3) is 0 Å². The van der Waals surface area contributed by atoms with Crippen molar-refractivity contribution in [3.05, 3.63) is 138 Å². The molecule has 2 atom stereocenters. The predicted molar refractivity (Wildman–Crippen MR) is 163 cm³/mol. The maximum Gasteiger partial charge on any atom is 0.181 e. The molecule has 0 unspecified atom stereocenters. The van der Waals surface area contributed by atoms with E-state index in [-0.39, 0.29) is 16.4 Å². The van der Waals surface area contributed by atoms with Crippen molar-refractivity contribution in [1.29, 1.82) is 0 Å². The molecule has 4 aromatic carbocycles. The molecule has 3 aliphatic heterocycles. The second kappa shape index (κ2) is 11.3. The van der Waals surface area contributed by atoms with Crippen molar-refractivity contribution in [3.8, 4) is 5.75 Å². The summed E-state index contributed by atoms with van der Waals surface area (Å²) in [4.78, 5) is 0. The summed E-state index contributed by atoms with van der Waals surface area (Å²) < 4.78 is 6.51. The van der Waals surface area contributed by atoms with E-state index in [0.717, 1.165) is 23.3 Å². The summed E-state index contributed by atoms with van der Waals surface area (Å²) in [7, 11) is 1.77. The van der Waals surface area contributed by atoms with Crippen LogP contribution >= 0.6 is 15.9 Å². The van der Waals surface area contributed by atoms with Crippen LogP contribution in [0.15, 0.2) is 115 Å². The van der Waals surface area contributed by atoms with Gasteiger partial charge in [0.1, 0.15) is 12.3 Å². The van der Waals surface area contributed by atoms with Gasteiger partial charge in [0.25, 0.3) is 0 Å². The molecule has 39 heavy (non-hydrogen) atoms. The maximum absolute atomic E-state index is 5.73. The highest BCUT2D eigenvalue weighted by Crippen LogP contribution is 2.58. The molecule has 2 bridgehead atoms. The highest BCUT2D eigenvalue weighted by molar-refractivity contribution is 9.10. The van der Waals surface area contributed by atoms with Gasteiger partial charge in [-0.05, 0) is 39.0 Å². The fraction of sp³-hybridized carbons (Fsp3) is 0.314. The zero-order valence-corrected chi connectivity index (χ0v) is 24.3. The molecule has 0 amide bonds. The van der Waals surface area contributed by atoms with Gasteiger partial charge in [-0.1, -0.05) is 109 Å². The van der Waals surface area contributed by atoms with Gasteiger partial charge in [0.2, 0.25) is 0 Å². The van der Waals surface area contributed by atoms with Crippen LogP contribution in [0.4, 0.5) is 0 Å². The lowest BCUT2D eigenvalue weighted by Gasteiger charge is -2.65. The molecule has 0 radical (unpaired) electrons. The number of hydrogen-bond donors (Lipinski definition) is 1. The van der Waals surface area contributed by atoms with E-state index in [4.69, 9.17) is 4.74 Å². The zero-order valence-electron chi connectivity index (χ0n) is 22.7. The average molecular weight is 583 g/mol. The van der Waals surface area contributed by atoms with E-state index < -0.39 is 0 Å². The third-order valence-electron chi connectivity index (χ3n) is 9.19. The van der Waals surface area contributed by atoms with Crippen LogP contribution in [0.2, 0.25) is 0 Å². The van der Waals surface area contributed by atoms with E-state index in [1.807, 2.05) is 6.07 Å². The van der Waals surface area contributed by atoms with Crippen LogP contribution in [-0.4, -0.2) is 35.2 Å². The first-order valence-electron chi connectivity index (χ1n) is 14.2. The van der Waals surface area contributed by atoms with E-state index in [1.54, 1.807) is 7.11 Å². The van der Waals surface area contributed by atoms with Gasteiger partial charge >= 0.3 is 0 Å². The molecule has 0 aliphatic carbocycles. The van der Waals surface area contributed by atoms with Crippen LogP contribution in [0.1, 0.15) is 41.0 Å². The number of halogens is 1. The van der Waals surface area contributed by atoms with Gasteiger partial charge in [-0.2, -0.15) is 0 Å². The number of methoxy groups -OCH3 is 1. The molecule has 1 N–H and O–H groups in total. The molecule has 3 aliphatic rings. The van der Waals surface area contributed by atoms with E-state index in [2.05, 4.69) is 130 Å². The molecular weight excluding hydrogens is 544 g/mol. The van der Waals surface area contributed by atoms with E-state index in [9.17, 15) is 0 Å². The van der Waals surface area contributed by atoms with Crippen molar-refractivity contribution in [2.24, 2.45) is 5.92 Å². The van der Waals surface area contributed by atoms with E-state index >= 15 is 0 Å². The van der Waals surface area contributed by atoms with Gasteiger partial charge in [-0.3, -0.25) is 0 Å². The number of benzene rings is 4. The van der Waals surface area contributed by atoms with Crippen molar-refractivity contribution < 1.29 is 9.22 Å². The lowest BCUT2D eigenvalue weighted by Crippen LogP contribution is -2.78. The number of hydrogen-bond acceptors (Lipinski definition) is 2. The number of quaternary nitrogens is 1. The number of nitrogens with one attached hydrogen (secondary N) is 1. The summed E-state index contributed by atoms with van der Waals surface area (Å²) in [5.74, 6) is 1.73. The first kappa shape index (κ1) is 26.3. The molecule has 3 nitrogen and oxygen atoms in total. The normalized spacial score (nSPS) is 26.0. The Morgan fingerprint density at radius 3 is 1.92 bits per heavy atom. The SMILES string of the molecule is COc1ccccc1CN[C@H]1C2CC[N+](Cc3ccccc3)(CC2)[C@]1(Br)C(c1ccccc1)c1ccccc1. The Morgan fingerprint density at radius 1 is 0.795 bits per heavy atom. The minimum absolute atomic E-state index is 0.182. The molecule has 7 rings (SSSR count). The number of rotatable bonds is 9. The van der Waals surface area contributed by atoms with Crippen LogP contribution in [-0.2, 0) is 13.1 Å². The van der Waals surface area contributed by atoms with Crippen LogP contribution < -0.4 is 10.1 Å². The van der Waals surface area contributed by atoms with E-state index in [1.165, 1.54) is 48.2 Å². The van der Waals surface area contributed by atoms with Crippen molar-refractivity contribution >= 4 is 15.9 Å². The third kappa shape index (κ3) is 4.84. The topological polar surface area (TPSA) is 21.3 Å². The lowest BCUT2D eigenvalue weighted by atomic mass is 9.68. The monoisotopic (exact) mass is 581 g/mol. The standard InChI is InChI=1S/C35H38BrN2O/c1-39-32-20-12-11-19-31(32)25-37-34-30-21-23-38(24-22-30,26-27-13-5-2-6-14-27)35(34,36)33(28-15-7-3-8-16-28)29-17-9-4-10-18-29/h2-20,30,33-34,37H,21-26H2,1H3/q+1/t30?,34-,35+,38?/m0/s1. The van der Waals surface area contributed by atoms with Crippen molar-refractivity contribution in [2.75, 3.05) is 20.2 Å². The molecule has 0 spiro atoms. The first-order chi connectivity index (χ1) is 19.1. The van der Waals surface area contributed by atoms with Gasteiger partial charge < -0.3 is 14.5 Å². The minimum atomic E-state index is -0.241. The van der Waals surface area contributed by atoms with E-state index in [0.29, 0.717) is 5.92 Å². The summed E-state index contributed by atoms with van der Waals surface area (Å²) >= 11 is 4.66. The number of ether oxygens (including phenoxy) is 1. The summed E-state index contributed by atoms with van der Waals surface area (Å²) in [5.41, 5.74) is 5.34. The summed E-state index contributed by atoms with van der Waals surface area (Å²) in [5, 5.41) is 4.12. The summed E-state index contributed by atoms with van der Waals surface area (Å²) in [6.07, 6.45) is 2.47. The Morgan fingerprint density at radius 2 is 1.33 bits per heavy atom. The summed E-state index contributed by atoms with van der Waals surface area (Å²) in [6, 6.07) is 42.1. The highest BCUT2D eigenvalue weighted by Gasteiger charge is 2.66. The quantitative estimate of drug-likeness (QED) is 0.125. The van der Waals surface area contributed by atoms with Gasteiger partial charge in [0, 0.05) is 30.5 Å². The van der Waals surface area contributed by atoms with Crippen LogP contribution in [0, 0.1) is 5.92 Å². The zero-order chi connectivity index (χ0) is 26.7. The second-order valence-corrected chi connectivity index (χ2v) is 12.5. The highest BCUT2D eigenvalue weighted by atomic mass is 79.9. The Balaban J connectivity index is 1.49. The van der Waals surface area contributed by atoms with Gasteiger partial charge in [0.05, 0.1) is 32.2 Å². The lowest BCUT2D eigenvalue weighted by molar-refractivity contribution is -0.988. The van der Waals surface area contributed by atoms with Gasteiger partial charge in [-0.25, -0.2) is 0 Å². The molecule has 3 saturated heterocycles. The average Bonchev–Trinajstić information content (AvgIpc) is 2.99. The number of alkyl halides is 1.